The fraction of sp³-hybridized carbons (Fsp3) is 0.667. The zero-order valence-corrected chi connectivity index (χ0v) is 25.5. The fourth-order valence-corrected chi connectivity index (χ4v) is 6.92. The Bertz CT molecular complexity index is 1560. The van der Waals surface area contributed by atoms with Crippen molar-refractivity contribution in [3.8, 4) is 0 Å². The van der Waals surface area contributed by atoms with Crippen molar-refractivity contribution in [3.05, 3.63) is 41.2 Å². The van der Waals surface area contributed by atoms with E-state index >= 15 is 0 Å². The quantitative estimate of drug-likeness (QED) is 0.310. The number of rotatable bonds is 8. The zero-order chi connectivity index (χ0) is 32.6. The molecule has 2 saturated heterocycles. The Labute approximate surface area is 262 Å². The molecule has 4 atom stereocenters. The second-order valence-electron chi connectivity index (χ2n) is 12.7. The molecule has 46 heavy (non-hydrogen) atoms. The van der Waals surface area contributed by atoms with Gasteiger partial charge in [-0.2, -0.15) is 23.4 Å². The number of aromatic nitrogens is 6. The number of amides is 2. The summed E-state index contributed by atoms with van der Waals surface area (Å²) >= 11 is 0. The predicted molar refractivity (Wildman–Crippen MR) is 155 cm³/mol. The summed E-state index contributed by atoms with van der Waals surface area (Å²) in [5.74, 6) is -6.39. The number of nitrogens with zero attached hydrogens (tertiary/aromatic N) is 6. The molecule has 1 saturated carbocycles. The van der Waals surface area contributed by atoms with Crippen molar-refractivity contribution >= 4 is 17.6 Å². The molecule has 1 unspecified atom stereocenters. The standard InChI is InChI=1S/C30H38F5N9O2/c1-2-43-23(8-12-38-43)27(46)40-24(17-6-9-29(31,32)10-7-17)22-16-44-28(39-22)41-25(20-5-3-4-11-36-20)21(42-44)14-18-13-19(30(33,34)35)15-37-26(18)45/h8,12,16-20,24,36H,2-7,9-11,13-15H2,1H3,(H,37,45)(H,40,46)/t18-,19-,20?,24+/m1/s1. The van der Waals surface area contributed by atoms with Gasteiger partial charge in [0, 0.05) is 44.5 Å². The third-order valence-corrected chi connectivity index (χ3v) is 9.53. The maximum Gasteiger partial charge on any atom is 0.393 e. The predicted octanol–water partition coefficient (Wildman–Crippen LogP) is 4.31. The highest BCUT2D eigenvalue weighted by molar-refractivity contribution is 5.92. The van der Waals surface area contributed by atoms with Crippen LogP contribution in [0.15, 0.2) is 18.5 Å². The van der Waals surface area contributed by atoms with Gasteiger partial charge in [-0.15, -0.1) is 0 Å². The number of halogens is 5. The van der Waals surface area contributed by atoms with Crippen molar-refractivity contribution in [2.24, 2.45) is 17.8 Å². The monoisotopic (exact) mass is 651 g/mol. The van der Waals surface area contributed by atoms with Crippen molar-refractivity contribution in [2.75, 3.05) is 13.1 Å². The first kappa shape index (κ1) is 32.3. The Morgan fingerprint density at radius 1 is 1.17 bits per heavy atom. The number of fused-ring (bicyclic) bond motifs is 1. The molecule has 0 spiro atoms. The van der Waals surface area contributed by atoms with Crippen molar-refractivity contribution in [2.45, 2.75) is 95.4 Å². The van der Waals surface area contributed by atoms with E-state index in [4.69, 9.17) is 15.1 Å². The molecule has 3 aromatic rings. The Morgan fingerprint density at radius 2 is 1.96 bits per heavy atom. The van der Waals surface area contributed by atoms with Crippen molar-refractivity contribution in [1.82, 2.24) is 45.3 Å². The van der Waals surface area contributed by atoms with E-state index in [1.54, 1.807) is 12.3 Å². The molecular formula is C30H38F5N9O2. The Kier molecular flexibility index (Phi) is 9.00. The number of nitrogens with one attached hydrogen (secondary N) is 3. The topological polar surface area (TPSA) is 131 Å². The van der Waals surface area contributed by atoms with E-state index < -0.39 is 48.3 Å². The number of aryl methyl sites for hydroxylation is 1. The van der Waals surface area contributed by atoms with Crippen LogP contribution in [-0.4, -0.2) is 66.4 Å². The van der Waals surface area contributed by atoms with Crippen LogP contribution in [0.5, 0.6) is 0 Å². The van der Waals surface area contributed by atoms with E-state index in [0.717, 1.165) is 25.8 Å². The number of imidazole rings is 1. The Balaban J connectivity index is 1.35. The average molecular weight is 652 g/mol. The lowest BCUT2D eigenvalue weighted by atomic mass is 9.81. The highest BCUT2D eigenvalue weighted by atomic mass is 19.4. The van der Waals surface area contributed by atoms with Gasteiger partial charge < -0.3 is 16.0 Å². The molecule has 0 aromatic carbocycles. The molecule has 6 rings (SSSR count). The molecule has 3 N–H and O–H groups in total. The van der Waals surface area contributed by atoms with Crippen LogP contribution in [0.25, 0.3) is 5.78 Å². The van der Waals surface area contributed by atoms with E-state index in [0.29, 0.717) is 29.3 Å². The molecule has 0 radical (unpaired) electrons. The molecule has 16 heteroatoms. The molecule has 0 bridgehead atoms. The van der Waals surface area contributed by atoms with Gasteiger partial charge in [-0.3, -0.25) is 14.3 Å². The lowest BCUT2D eigenvalue weighted by molar-refractivity contribution is -0.183. The third kappa shape index (κ3) is 6.86. The number of piperidine rings is 2. The van der Waals surface area contributed by atoms with E-state index in [2.05, 4.69) is 21.0 Å². The summed E-state index contributed by atoms with van der Waals surface area (Å²) in [6.45, 7) is 2.58. The summed E-state index contributed by atoms with van der Waals surface area (Å²) in [6, 6.07) is 0.624. The average Bonchev–Trinajstić information content (AvgIpc) is 3.67. The minimum absolute atomic E-state index is 0.0404. The van der Waals surface area contributed by atoms with Gasteiger partial charge in [0.2, 0.25) is 11.8 Å². The van der Waals surface area contributed by atoms with E-state index in [1.165, 1.54) is 15.4 Å². The van der Waals surface area contributed by atoms with Crippen molar-refractivity contribution in [3.63, 3.8) is 0 Å². The molecule has 2 aliphatic heterocycles. The minimum Gasteiger partial charge on any atom is -0.355 e. The van der Waals surface area contributed by atoms with E-state index in [1.807, 2.05) is 6.92 Å². The number of carbonyl (C=O) groups is 2. The number of alkyl halides is 5. The molecule has 3 fully saturated rings. The van der Waals surface area contributed by atoms with Crippen molar-refractivity contribution < 1.29 is 31.5 Å². The second kappa shape index (κ2) is 12.8. The Morgan fingerprint density at radius 3 is 2.65 bits per heavy atom. The summed E-state index contributed by atoms with van der Waals surface area (Å²) in [4.78, 5) is 35.7. The summed E-state index contributed by atoms with van der Waals surface area (Å²) in [6.07, 6.45) is 0.577. The molecule has 11 nitrogen and oxygen atoms in total. The molecule has 1 aliphatic carbocycles. The maximum absolute atomic E-state index is 14.1. The normalized spacial score (nSPS) is 24.9. The molecule has 3 aromatic heterocycles. The van der Waals surface area contributed by atoms with Gasteiger partial charge in [-0.05, 0) is 57.6 Å². The van der Waals surface area contributed by atoms with Gasteiger partial charge in [0.25, 0.3) is 11.7 Å². The van der Waals surface area contributed by atoms with Gasteiger partial charge in [-0.1, -0.05) is 6.42 Å². The third-order valence-electron chi connectivity index (χ3n) is 9.53. The second-order valence-corrected chi connectivity index (χ2v) is 12.7. The van der Waals surface area contributed by atoms with Gasteiger partial charge in [0.05, 0.1) is 41.3 Å². The van der Waals surface area contributed by atoms with Crippen molar-refractivity contribution in [1.29, 1.82) is 0 Å². The van der Waals surface area contributed by atoms with Gasteiger partial charge in [0.15, 0.2) is 0 Å². The lowest BCUT2D eigenvalue weighted by Gasteiger charge is -2.33. The fourth-order valence-electron chi connectivity index (χ4n) is 6.92. The van der Waals surface area contributed by atoms with Gasteiger partial charge in [-0.25, -0.2) is 23.3 Å². The molecule has 250 valence electrons. The summed E-state index contributed by atoms with van der Waals surface area (Å²) in [5.41, 5.74) is 1.63. The highest BCUT2D eigenvalue weighted by Gasteiger charge is 2.45. The van der Waals surface area contributed by atoms with Crippen LogP contribution in [0.2, 0.25) is 0 Å². The summed E-state index contributed by atoms with van der Waals surface area (Å²) < 4.78 is 71.9. The van der Waals surface area contributed by atoms with Crippen LogP contribution < -0.4 is 16.0 Å². The van der Waals surface area contributed by atoms with Crippen LogP contribution in [0.4, 0.5) is 22.0 Å². The summed E-state index contributed by atoms with van der Waals surface area (Å²) in [7, 11) is 0. The lowest BCUT2D eigenvalue weighted by Crippen LogP contribution is -2.47. The van der Waals surface area contributed by atoms with Gasteiger partial charge >= 0.3 is 6.18 Å². The molecule has 3 aliphatic rings. The Hall–Kier alpha value is -3.69. The number of hydrogen-bond donors (Lipinski definition) is 3. The largest absolute Gasteiger partial charge is 0.393 e. The van der Waals surface area contributed by atoms with Crippen LogP contribution in [0.1, 0.15) is 97.9 Å². The van der Waals surface area contributed by atoms with Crippen LogP contribution in [-0.2, 0) is 17.8 Å². The number of hydrogen-bond acceptors (Lipinski definition) is 7. The highest BCUT2D eigenvalue weighted by Crippen LogP contribution is 2.41. The van der Waals surface area contributed by atoms with E-state index in [-0.39, 0.29) is 56.3 Å². The SMILES string of the molecule is CCn1nccc1C(=O)N[C@H](c1cn2nc(C[C@H]3C[C@@H](C(F)(F)F)CNC3=O)c(C3CCCCN3)nc2n1)C1CCC(F)(F)CC1. The minimum atomic E-state index is -4.44. The summed E-state index contributed by atoms with van der Waals surface area (Å²) in [5, 5.41) is 17.7. The molecular weight excluding hydrogens is 613 g/mol. The number of carbonyl (C=O) groups excluding carboxylic acids is 2. The first-order valence-corrected chi connectivity index (χ1v) is 16.0. The van der Waals surface area contributed by atoms with Gasteiger partial charge in [0.1, 0.15) is 5.69 Å². The smallest absolute Gasteiger partial charge is 0.355 e. The maximum atomic E-state index is 14.1. The van der Waals surface area contributed by atoms with Crippen LogP contribution >= 0.6 is 0 Å². The van der Waals surface area contributed by atoms with Crippen LogP contribution in [0.3, 0.4) is 0 Å². The molecule has 2 amide bonds. The first-order chi connectivity index (χ1) is 21.9. The first-order valence-electron chi connectivity index (χ1n) is 16.0. The van der Waals surface area contributed by atoms with Crippen LogP contribution in [0, 0.1) is 17.8 Å². The van der Waals surface area contributed by atoms with E-state index in [9.17, 15) is 31.5 Å². The zero-order valence-electron chi connectivity index (χ0n) is 25.5. The molecule has 5 heterocycles.